The fraction of sp³-hybridized carbons (Fsp3) is 0.944. The van der Waals surface area contributed by atoms with Gasteiger partial charge in [0.2, 0.25) is 5.91 Å². The van der Waals surface area contributed by atoms with Crippen molar-refractivity contribution in [2.45, 2.75) is 94.8 Å². The van der Waals surface area contributed by atoms with Crippen LogP contribution in [-0.4, -0.2) is 16.8 Å². The molecule has 3 heteroatoms. The number of nitrogens with one attached hydrogen (secondary N) is 1. The lowest BCUT2D eigenvalue weighted by atomic mass is 9.79. The molecule has 2 rings (SSSR count). The van der Waals surface area contributed by atoms with Gasteiger partial charge in [0.15, 0.2) is 0 Å². The third-order valence-electron chi connectivity index (χ3n) is 5.44. The van der Waals surface area contributed by atoms with E-state index in [0.29, 0.717) is 16.8 Å². The Bertz CT molecular complexity index is 312. The second-order valence-electron chi connectivity index (χ2n) is 7.13. The molecule has 0 aliphatic heterocycles. The summed E-state index contributed by atoms with van der Waals surface area (Å²) in [5.74, 6) is 1.50. The fourth-order valence-corrected chi connectivity index (χ4v) is 4.65. The van der Waals surface area contributed by atoms with Gasteiger partial charge in [0.1, 0.15) is 0 Å². The zero-order valence-corrected chi connectivity index (χ0v) is 15.2. The second-order valence-corrected chi connectivity index (χ2v) is 8.31. The molecule has 122 valence electrons. The van der Waals surface area contributed by atoms with Gasteiger partial charge in [-0.2, -0.15) is 0 Å². The summed E-state index contributed by atoms with van der Waals surface area (Å²) in [4.78, 5) is 13.0. The molecule has 21 heavy (non-hydrogen) atoms. The van der Waals surface area contributed by atoms with Crippen molar-refractivity contribution in [1.82, 2.24) is 5.32 Å². The van der Waals surface area contributed by atoms with Crippen LogP contribution >= 0.6 is 15.9 Å². The zero-order chi connectivity index (χ0) is 15.1. The number of amides is 1. The van der Waals surface area contributed by atoms with Crippen molar-refractivity contribution in [2.75, 3.05) is 0 Å². The van der Waals surface area contributed by atoms with Crippen LogP contribution in [0.5, 0.6) is 0 Å². The van der Waals surface area contributed by atoms with E-state index in [9.17, 15) is 4.79 Å². The fourth-order valence-electron chi connectivity index (χ4n) is 3.93. The number of carbonyl (C=O) groups excluding carboxylic acids is 1. The second kappa shape index (κ2) is 9.17. The largest absolute Gasteiger partial charge is 0.352 e. The van der Waals surface area contributed by atoms with Crippen molar-refractivity contribution in [3.8, 4) is 0 Å². The molecule has 0 radical (unpaired) electrons. The number of rotatable bonds is 5. The van der Waals surface area contributed by atoms with Gasteiger partial charge in [-0.3, -0.25) is 4.79 Å². The summed E-state index contributed by atoms with van der Waals surface area (Å²) in [5.41, 5.74) is 0. The summed E-state index contributed by atoms with van der Waals surface area (Å²) in [6.07, 6.45) is 15.0. The molecule has 0 aromatic carbocycles. The SMILES string of the molecule is CCCCC1CCC(C(=O)NC2CCCCCC2Br)CC1. The van der Waals surface area contributed by atoms with E-state index in [0.717, 1.165) is 25.2 Å². The highest BCUT2D eigenvalue weighted by Crippen LogP contribution is 2.32. The van der Waals surface area contributed by atoms with Gasteiger partial charge in [-0.1, -0.05) is 61.4 Å². The molecule has 2 atom stereocenters. The maximum Gasteiger partial charge on any atom is 0.223 e. The van der Waals surface area contributed by atoms with Crippen LogP contribution in [0.2, 0.25) is 0 Å². The van der Waals surface area contributed by atoms with E-state index in [2.05, 4.69) is 28.2 Å². The van der Waals surface area contributed by atoms with Gasteiger partial charge in [-0.15, -0.1) is 0 Å². The Kier molecular flexibility index (Phi) is 7.56. The average Bonchev–Trinajstić information content (AvgIpc) is 2.70. The van der Waals surface area contributed by atoms with E-state index >= 15 is 0 Å². The van der Waals surface area contributed by atoms with Gasteiger partial charge >= 0.3 is 0 Å². The minimum absolute atomic E-state index is 0.283. The molecule has 0 heterocycles. The van der Waals surface area contributed by atoms with Crippen molar-refractivity contribution in [1.29, 1.82) is 0 Å². The Hall–Kier alpha value is -0.0500. The van der Waals surface area contributed by atoms with Crippen LogP contribution in [0.3, 0.4) is 0 Å². The van der Waals surface area contributed by atoms with Crippen LogP contribution in [0.15, 0.2) is 0 Å². The Labute approximate surface area is 139 Å². The zero-order valence-electron chi connectivity index (χ0n) is 13.6. The van der Waals surface area contributed by atoms with E-state index < -0.39 is 0 Å². The van der Waals surface area contributed by atoms with E-state index in [-0.39, 0.29) is 5.92 Å². The lowest BCUT2D eigenvalue weighted by Gasteiger charge is -2.30. The number of alkyl halides is 1. The summed E-state index contributed by atoms with van der Waals surface area (Å²) in [6, 6.07) is 0.359. The quantitative estimate of drug-likeness (QED) is 0.531. The van der Waals surface area contributed by atoms with E-state index in [1.54, 1.807) is 0 Å². The molecular formula is C18H32BrNO. The first-order chi connectivity index (χ1) is 10.2. The summed E-state index contributed by atoms with van der Waals surface area (Å²) < 4.78 is 0. The van der Waals surface area contributed by atoms with Crippen LogP contribution in [0.1, 0.15) is 84.0 Å². The van der Waals surface area contributed by atoms with Crippen molar-refractivity contribution in [3.63, 3.8) is 0 Å². The number of unbranched alkanes of at least 4 members (excludes halogenated alkanes) is 1. The Morgan fingerprint density at radius 2 is 1.76 bits per heavy atom. The summed E-state index contributed by atoms with van der Waals surface area (Å²) in [6.45, 7) is 2.27. The van der Waals surface area contributed by atoms with Gasteiger partial charge in [0.05, 0.1) is 0 Å². The summed E-state index contributed by atoms with van der Waals surface area (Å²) >= 11 is 3.78. The van der Waals surface area contributed by atoms with Gasteiger partial charge in [-0.25, -0.2) is 0 Å². The standard InChI is InChI=1S/C18H32BrNO/c1-2-3-7-14-10-12-15(13-11-14)18(21)20-17-9-6-4-5-8-16(17)19/h14-17H,2-13H2,1H3,(H,20,21). The molecule has 0 spiro atoms. The van der Waals surface area contributed by atoms with Crippen molar-refractivity contribution >= 4 is 21.8 Å². The molecular weight excluding hydrogens is 326 g/mol. The van der Waals surface area contributed by atoms with Crippen LogP contribution in [-0.2, 0) is 4.79 Å². The molecule has 1 N–H and O–H groups in total. The van der Waals surface area contributed by atoms with Crippen LogP contribution in [0.25, 0.3) is 0 Å². The normalized spacial score (nSPS) is 34.2. The van der Waals surface area contributed by atoms with Gasteiger partial charge in [-0.05, 0) is 44.4 Å². The highest BCUT2D eigenvalue weighted by Gasteiger charge is 2.29. The average molecular weight is 358 g/mol. The number of hydrogen-bond donors (Lipinski definition) is 1. The predicted molar refractivity (Wildman–Crippen MR) is 92.7 cm³/mol. The summed E-state index contributed by atoms with van der Waals surface area (Å²) in [7, 11) is 0. The third-order valence-corrected chi connectivity index (χ3v) is 6.54. The van der Waals surface area contributed by atoms with Gasteiger partial charge in [0, 0.05) is 16.8 Å². The molecule has 2 aliphatic rings. The number of carbonyl (C=O) groups is 1. The lowest BCUT2D eigenvalue weighted by molar-refractivity contribution is -0.127. The Morgan fingerprint density at radius 3 is 2.48 bits per heavy atom. The molecule has 0 bridgehead atoms. The molecule has 0 aromatic heterocycles. The van der Waals surface area contributed by atoms with Crippen LogP contribution < -0.4 is 5.32 Å². The first kappa shape index (κ1) is 17.3. The molecule has 1 amide bonds. The number of halogens is 1. The number of hydrogen-bond acceptors (Lipinski definition) is 1. The predicted octanol–water partition coefficient (Wildman–Crippen LogP) is 5.20. The van der Waals surface area contributed by atoms with Crippen LogP contribution in [0.4, 0.5) is 0 Å². The molecule has 2 nitrogen and oxygen atoms in total. The molecule has 0 aromatic rings. The molecule has 0 saturated heterocycles. The molecule has 2 fully saturated rings. The van der Waals surface area contributed by atoms with Gasteiger partial charge < -0.3 is 5.32 Å². The topological polar surface area (TPSA) is 29.1 Å². The maximum atomic E-state index is 12.5. The smallest absolute Gasteiger partial charge is 0.223 e. The van der Waals surface area contributed by atoms with Crippen LogP contribution in [0, 0.1) is 11.8 Å². The molecule has 2 unspecified atom stereocenters. The van der Waals surface area contributed by atoms with Crippen molar-refractivity contribution in [2.24, 2.45) is 11.8 Å². The first-order valence-corrected chi connectivity index (χ1v) is 10.1. The van der Waals surface area contributed by atoms with E-state index in [4.69, 9.17) is 0 Å². The Morgan fingerprint density at radius 1 is 1.05 bits per heavy atom. The van der Waals surface area contributed by atoms with E-state index in [1.807, 2.05) is 0 Å². The van der Waals surface area contributed by atoms with E-state index in [1.165, 1.54) is 57.8 Å². The Balaban J connectivity index is 1.73. The van der Waals surface area contributed by atoms with Gasteiger partial charge in [0.25, 0.3) is 0 Å². The highest BCUT2D eigenvalue weighted by molar-refractivity contribution is 9.09. The third kappa shape index (κ3) is 5.58. The highest BCUT2D eigenvalue weighted by atomic mass is 79.9. The first-order valence-electron chi connectivity index (χ1n) is 9.15. The van der Waals surface area contributed by atoms with Crippen molar-refractivity contribution in [3.05, 3.63) is 0 Å². The molecule has 2 saturated carbocycles. The lowest BCUT2D eigenvalue weighted by Crippen LogP contribution is -2.44. The molecule has 2 aliphatic carbocycles. The maximum absolute atomic E-state index is 12.5. The van der Waals surface area contributed by atoms with Crippen molar-refractivity contribution < 1.29 is 4.79 Å². The monoisotopic (exact) mass is 357 g/mol. The minimum atomic E-state index is 0.283. The summed E-state index contributed by atoms with van der Waals surface area (Å²) in [5, 5.41) is 3.35. The minimum Gasteiger partial charge on any atom is -0.352 e.